The lowest BCUT2D eigenvalue weighted by atomic mass is 10.1. The molecule has 0 aromatic heterocycles. The predicted octanol–water partition coefficient (Wildman–Crippen LogP) is 3.80. The van der Waals surface area contributed by atoms with Crippen molar-refractivity contribution in [2.24, 2.45) is 0 Å². The molecule has 0 amide bonds. The lowest BCUT2D eigenvalue weighted by molar-refractivity contribution is -0.138. The van der Waals surface area contributed by atoms with E-state index in [9.17, 15) is 26.3 Å². The van der Waals surface area contributed by atoms with Crippen LogP contribution in [-0.4, -0.2) is 29.8 Å². The molecule has 0 bridgehead atoms. The van der Waals surface area contributed by atoms with Gasteiger partial charge in [0, 0.05) is 13.1 Å². The maximum Gasteiger partial charge on any atom is 0.419 e. The van der Waals surface area contributed by atoms with Crippen molar-refractivity contribution in [2.45, 2.75) is 25.3 Å². The van der Waals surface area contributed by atoms with Gasteiger partial charge in [0.2, 0.25) is 0 Å². The number of benzene rings is 1. The summed E-state index contributed by atoms with van der Waals surface area (Å²) in [6.07, 6.45) is -10.0. The summed E-state index contributed by atoms with van der Waals surface area (Å²) < 4.78 is 73.7. The quantitative estimate of drug-likeness (QED) is 0.855. The largest absolute Gasteiger partial charge is 0.507 e. The molecule has 0 saturated heterocycles. The molecule has 0 aliphatic rings. The van der Waals surface area contributed by atoms with Crippen molar-refractivity contribution in [1.82, 2.24) is 4.90 Å². The standard InChI is InChI=1S/C12H13F6NO/c1-19(5-4-11(13,14)15)7-8-2-3-10(20)9(6-8)12(16,17)18/h2-3,6,20H,4-5,7H2,1H3. The van der Waals surface area contributed by atoms with E-state index in [4.69, 9.17) is 5.11 Å². The second kappa shape index (κ2) is 5.90. The lowest BCUT2D eigenvalue weighted by Gasteiger charge is -2.18. The Morgan fingerprint density at radius 1 is 1.10 bits per heavy atom. The average Bonchev–Trinajstić information content (AvgIpc) is 2.27. The van der Waals surface area contributed by atoms with Gasteiger partial charge < -0.3 is 10.0 Å². The number of aromatic hydroxyl groups is 1. The van der Waals surface area contributed by atoms with Gasteiger partial charge in [0.25, 0.3) is 0 Å². The van der Waals surface area contributed by atoms with E-state index in [1.807, 2.05) is 0 Å². The zero-order valence-corrected chi connectivity index (χ0v) is 10.5. The summed E-state index contributed by atoms with van der Waals surface area (Å²) in [6, 6.07) is 2.86. The van der Waals surface area contributed by atoms with Crippen LogP contribution >= 0.6 is 0 Å². The highest BCUT2D eigenvalue weighted by Crippen LogP contribution is 2.36. The van der Waals surface area contributed by atoms with Crippen molar-refractivity contribution in [3.05, 3.63) is 29.3 Å². The smallest absolute Gasteiger partial charge is 0.419 e. The Morgan fingerprint density at radius 2 is 1.70 bits per heavy atom. The summed E-state index contributed by atoms with van der Waals surface area (Å²) >= 11 is 0. The van der Waals surface area contributed by atoms with Gasteiger partial charge in [-0.15, -0.1) is 0 Å². The molecule has 8 heteroatoms. The Kier molecular flexibility index (Phi) is 4.90. The van der Waals surface area contributed by atoms with Crippen LogP contribution < -0.4 is 0 Å². The van der Waals surface area contributed by atoms with E-state index in [0.29, 0.717) is 0 Å². The molecular weight excluding hydrogens is 288 g/mol. The van der Waals surface area contributed by atoms with Crippen molar-refractivity contribution in [2.75, 3.05) is 13.6 Å². The van der Waals surface area contributed by atoms with E-state index >= 15 is 0 Å². The molecule has 1 aromatic rings. The first kappa shape index (κ1) is 16.6. The monoisotopic (exact) mass is 301 g/mol. The molecule has 0 aliphatic heterocycles. The summed E-state index contributed by atoms with van der Waals surface area (Å²) in [4.78, 5) is 1.26. The Hall–Kier alpha value is -1.44. The molecule has 20 heavy (non-hydrogen) atoms. The molecule has 0 aliphatic carbocycles. The van der Waals surface area contributed by atoms with Crippen LogP contribution in [0.5, 0.6) is 5.75 Å². The number of hydrogen-bond donors (Lipinski definition) is 1. The van der Waals surface area contributed by atoms with Crippen molar-refractivity contribution in [3.8, 4) is 5.75 Å². The van der Waals surface area contributed by atoms with Crippen molar-refractivity contribution < 1.29 is 31.4 Å². The molecule has 0 spiro atoms. The number of alkyl halides is 6. The van der Waals surface area contributed by atoms with Crippen LogP contribution in [0.4, 0.5) is 26.3 Å². The van der Waals surface area contributed by atoms with E-state index in [2.05, 4.69) is 0 Å². The second-order valence-corrected chi connectivity index (χ2v) is 4.45. The van der Waals surface area contributed by atoms with Gasteiger partial charge in [-0.2, -0.15) is 26.3 Å². The second-order valence-electron chi connectivity index (χ2n) is 4.45. The molecular formula is C12H13F6NO. The molecule has 0 unspecified atom stereocenters. The van der Waals surface area contributed by atoms with Gasteiger partial charge in [0.15, 0.2) is 0 Å². The van der Waals surface area contributed by atoms with Gasteiger partial charge in [-0.1, -0.05) is 6.07 Å². The molecule has 1 rings (SSSR count). The molecule has 2 nitrogen and oxygen atoms in total. The first-order valence-electron chi connectivity index (χ1n) is 5.63. The summed E-state index contributed by atoms with van der Waals surface area (Å²) in [7, 11) is 1.38. The fourth-order valence-corrected chi connectivity index (χ4v) is 1.62. The van der Waals surface area contributed by atoms with Gasteiger partial charge in [-0.3, -0.25) is 0 Å². The van der Waals surface area contributed by atoms with E-state index in [1.165, 1.54) is 18.0 Å². The number of phenolic OH excluding ortho intramolecular Hbond substituents is 1. The van der Waals surface area contributed by atoms with Crippen LogP contribution in [0.3, 0.4) is 0 Å². The topological polar surface area (TPSA) is 23.5 Å². The number of rotatable bonds is 4. The summed E-state index contributed by atoms with van der Waals surface area (Å²) in [6.45, 7) is -0.384. The Balaban J connectivity index is 2.74. The molecule has 0 atom stereocenters. The molecule has 0 radical (unpaired) electrons. The SMILES string of the molecule is CN(CCC(F)(F)F)Cc1ccc(O)c(C(F)(F)F)c1. The van der Waals surface area contributed by atoms with Crippen LogP contribution in [0, 0.1) is 0 Å². The summed E-state index contributed by atoms with van der Waals surface area (Å²) in [5.74, 6) is -0.904. The van der Waals surface area contributed by atoms with E-state index in [0.717, 1.165) is 12.1 Å². The third-order valence-electron chi connectivity index (χ3n) is 2.60. The van der Waals surface area contributed by atoms with Crippen LogP contribution in [0.2, 0.25) is 0 Å². The van der Waals surface area contributed by atoms with Crippen molar-refractivity contribution in [3.63, 3.8) is 0 Å². The molecule has 0 heterocycles. The zero-order valence-electron chi connectivity index (χ0n) is 10.5. The maximum atomic E-state index is 12.5. The van der Waals surface area contributed by atoms with Crippen molar-refractivity contribution >= 4 is 0 Å². The number of halogens is 6. The lowest BCUT2D eigenvalue weighted by Crippen LogP contribution is -2.24. The Bertz CT molecular complexity index is 454. The minimum Gasteiger partial charge on any atom is -0.507 e. The highest BCUT2D eigenvalue weighted by atomic mass is 19.4. The molecule has 0 fully saturated rings. The van der Waals surface area contributed by atoms with E-state index < -0.39 is 30.1 Å². The zero-order chi connectivity index (χ0) is 15.6. The molecule has 1 aromatic carbocycles. The van der Waals surface area contributed by atoms with Crippen LogP contribution in [0.1, 0.15) is 17.5 Å². The fraction of sp³-hybridized carbons (Fsp3) is 0.500. The van der Waals surface area contributed by atoms with Crippen molar-refractivity contribution in [1.29, 1.82) is 0 Å². The molecule has 114 valence electrons. The molecule has 0 saturated carbocycles. The number of hydrogen-bond acceptors (Lipinski definition) is 2. The van der Waals surface area contributed by atoms with Gasteiger partial charge >= 0.3 is 12.4 Å². The van der Waals surface area contributed by atoms with Crippen LogP contribution in [-0.2, 0) is 12.7 Å². The highest BCUT2D eigenvalue weighted by molar-refractivity contribution is 5.38. The average molecular weight is 301 g/mol. The first-order valence-corrected chi connectivity index (χ1v) is 5.63. The highest BCUT2D eigenvalue weighted by Gasteiger charge is 2.34. The van der Waals surface area contributed by atoms with Crippen LogP contribution in [0.25, 0.3) is 0 Å². The number of phenols is 1. The van der Waals surface area contributed by atoms with Gasteiger partial charge in [-0.05, 0) is 24.7 Å². The summed E-state index contributed by atoms with van der Waals surface area (Å²) in [5.41, 5.74) is -1.01. The van der Waals surface area contributed by atoms with Crippen LogP contribution in [0.15, 0.2) is 18.2 Å². The Labute approximate surface area is 111 Å². The maximum absolute atomic E-state index is 12.5. The first-order chi connectivity index (χ1) is 8.99. The minimum absolute atomic E-state index is 0.0700. The van der Waals surface area contributed by atoms with E-state index in [-0.39, 0.29) is 18.7 Å². The van der Waals surface area contributed by atoms with Gasteiger partial charge in [-0.25, -0.2) is 0 Å². The van der Waals surface area contributed by atoms with Gasteiger partial charge in [0.1, 0.15) is 5.75 Å². The third-order valence-corrected chi connectivity index (χ3v) is 2.60. The summed E-state index contributed by atoms with van der Waals surface area (Å²) in [5, 5.41) is 9.13. The normalized spacial score (nSPS) is 13.0. The van der Waals surface area contributed by atoms with E-state index in [1.54, 1.807) is 0 Å². The number of nitrogens with zero attached hydrogens (tertiary/aromatic N) is 1. The minimum atomic E-state index is -4.70. The molecule has 1 N–H and O–H groups in total. The third kappa shape index (κ3) is 5.28. The predicted molar refractivity (Wildman–Crippen MR) is 60.1 cm³/mol. The Morgan fingerprint density at radius 3 is 2.20 bits per heavy atom. The van der Waals surface area contributed by atoms with Gasteiger partial charge in [0.05, 0.1) is 12.0 Å². The fourth-order valence-electron chi connectivity index (χ4n) is 1.62.